The summed E-state index contributed by atoms with van der Waals surface area (Å²) in [6.07, 6.45) is 2.27. The molecule has 3 nitrogen and oxygen atoms in total. The molecule has 0 radical (unpaired) electrons. The SMILES string of the molecule is Clc1ccc(-c2noc(C3CC3)n2)c(Cl)c1. The molecular weight excluding hydrogens is 247 g/mol. The van der Waals surface area contributed by atoms with E-state index in [0.717, 1.165) is 18.4 Å². The molecule has 0 atom stereocenters. The highest BCUT2D eigenvalue weighted by atomic mass is 35.5. The van der Waals surface area contributed by atoms with E-state index in [2.05, 4.69) is 10.1 Å². The molecule has 1 aliphatic rings. The molecule has 1 saturated carbocycles. The molecule has 1 aromatic heterocycles. The van der Waals surface area contributed by atoms with Gasteiger partial charge in [0.15, 0.2) is 0 Å². The third-order valence-electron chi connectivity index (χ3n) is 2.54. The summed E-state index contributed by atoms with van der Waals surface area (Å²) in [4.78, 5) is 4.33. The minimum absolute atomic E-state index is 0.451. The van der Waals surface area contributed by atoms with Crippen LogP contribution in [0.4, 0.5) is 0 Å². The van der Waals surface area contributed by atoms with E-state index in [1.165, 1.54) is 0 Å². The van der Waals surface area contributed by atoms with Gasteiger partial charge in [-0.05, 0) is 31.0 Å². The summed E-state index contributed by atoms with van der Waals surface area (Å²) in [6, 6.07) is 5.23. The number of halogens is 2. The Bertz CT molecular complexity index is 535. The molecule has 1 aromatic carbocycles. The van der Waals surface area contributed by atoms with Gasteiger partial charge in [0.1, 0.15) is 0 Å². The summed E-state index contributed by atoms with van der Waals surface area (Å²) in [5.41, 5.74) is 0.752. The summed E-state index contributed by atoms with van der Waals surface area (Å²) in [6.45, 7) is 0. The highest BCUT2D eigenvalue weighted by Gasteiger charge is 2.30. The van der Waals surface area contributed by atoms with Crippen LogP contribution in [-0.2, 0) is 0 Å². The second-order valence-electron chi connectivity index (χ2n) is 3.85. The fraction of sp³-hybridized carbons (Fsp3) is 0.273. The van der Waals surface area contributed by atoms with Gasteiger partial charge in [0.25, 0.3) is 0 Å². The molecule has 1 aliphatic carbocycles. The van der Waals surface area contributed by atoms with Crippen LogP contribution in [-0.4, -0.2) is 10.1 Å². The Hall–Kier alpha value is -1.06. The molecule has 2 aromatic rings. The number of aromatic nitrogens is 2. The van der Waals surface area contributed by atoms with E-state index in [4.69, 9.17) is 27.7 Å². The molecule has 16 heavy (non-hydrogen) atoms. The zero-order valence-corrected chi connectivity index (χ0v) is 9.79. The lowest BCUT2D eigenvalue weighted by molar-refractivity contribution is 0.380. The normalized spacial score (nSPS) is 15.4. The Labute approximate surface area is 102 Å². The number of hydrogen-bond donors (Lipinski definition) is 0. The summed E-state index contributed by atoms with van der Waals surface area (Å²) >= 11 is 11.9. The smallest absolute Gasteiger partial charge is 0.230 e. The van der Waals surface area contributed by atoms with Gasteiger partial charge in [0, 0.05) is 16.5 Å². The third kappa shape index (κ3) is 1.81. The topological polar surface area (TPSA) is 38.9 Å². The minimum Gasteiger partial charge on any atom is -0.339 e. The molecule has 0 aliphatic heterocycles. The molecule has 0 amide bonds. The van der Waals surface area contributed by atoms with Crippen LogP contribution < -0.4 is 0 Å². The average Bonchev–Trinajstić information content (AvgIpc) is 2.98. The van der Waals surface area contributed by atoms with E-state index in [1.807, 2.05) is 0 Å². The predicted octanol–water partition coefficient (Wildman–Crippen LogP) is 3.92. The lowest BCUT2D eigenvalue weighted by atomic mass is 10.2. The van der Waals surface area contributed by atoms with Crippen molar-refractivity contribution in [3.63, 3.8) is 0 Å². The fourth-order valence-electron chi connectivity index (χ4n) is 1.51. The van der Waals surface area contributed by atoms with E-state index in [1.54, 1.807) is 18.2 Å². The lowest BCUT2D eigenvalue weighted by Gasteiger charge is -1.98. The average molecular weight is 255 g/mol. The Morgan fingerprint density at radius 2 is 2.06 bits per heavy atom. The van der Waals surface area contributed by atoms with Crippen molar-refractivity contribution in [2.75, 3.05) is 0 Å². The van der Waals surface area contributed by atoms with Gasteiger partial charge in [-0.25, -0.2) is 0 Å². The van der Waals surface area contributed by atoms with Crippen molar-refractivity contribution < 1.29 is 4.52 Å². The summed E-state index contributed by atoms with van der Waals surface area (Å²) in [5.74, 6) is 1.69. The van der Waals surface area contributed by atoms with E-state index in [9.17, 15) is 0 Å². The van der Waals surface area contributed by atoms with Crippen molar-refractivity contribution in [3.05, 3.63) is 34.1 Å². The lowest BCUT2D eigenvalue weighted by Crippen LogP contribution is -1.83. The Morgan fingerprint density at radius 1 is 1.25 bits per heavy atom. The molecule has 1 heterocycles. The van der Waals surface area contributed by atoms with Gasteiger partial charge in [0.2, 0.25) is 11.7 Å². The van der Waals surface area contributed by atoms with Crippen molar-refractivity contribution in [3.8, 4) is 11.4 Å². The van der Waals surface area contributed by atoms with Gasteiger partial charge in [-0.1, -0.05) is 28.4 Å². The van der Waals surface area contributed by atoms with E-state index in [-0.39, 0.29) is 0 Å². The number of nitrogens with zero attached hydrogens (tertiary/aromatic N) is 2. The standard InChI is InChI=1S/C11H8Cl2N2O/c12-7-3-4-8(9(13)5-7)10-14-11(16-15-10)6-1-2-6/h3-6H,1-2H2. The van der Waals surface area contributed by atoms with Gasteiger partial charge in [-0.2, -0.15) is 4.98 Å². The van der Waals surface area contributed by atoms with Gasteiger partial charge >= 0.3 is 0 Å². The molecule has 0 N–H and O–H groups in total. The van der Waals surface area contributed by atoms with Crippen LogP contribution in [0.25, 0.3) is 11.4 Å². The molecule has 3 rings (SSSR count). The maximum Gasteiger partial charge on any atom is 0.230 e. The molecule has 1 fully saturated rings. The monoisotopic (exact) mass is 254 g/mol. The molecule has 0 unspecified atom stereocenters. The quantitative estimate of drug-likeness (QED) is 0.816. The van der Waals surface area contributed by atoms with Crippen LogP contribution in [0, 0.1) is 0 Å². The summed E-state index contributed by atoms with van der Waals surface area (Å²) in [7, 11) is 0. The maximum absolute atomic E-state index is 6.06. The molecular formula is C11H8Cl2N2O. The highest BCUT2D eigenvalue weighted by molar-refractivity contribution is 6.36. The van der Waals surface area contributed by atoms with Gasteiger partial charge < -0.3 is 4.52 Å². The molecule has 0 spiro atoms. The minimum atomic E-state index is 0.451. The van der Waals surface area contributed by atoms with Crippen molar-refractivity contribution in [1.29, 1.82) is 0 Å². The van der Waals surface area contributed by atoms with Crippen LogP contribution in [0.2, 0.25) is 10.0 Å². The van der Waals surface area contributed by atoms with Crippen LogP contribution in [0.1, 0.15) is 24.7 Å². The van der Waals surface area contributed by atoms with Crippen LogP contribution in [0.3, 0.4) is 0 Å². The zero-order chi connectivity index (χ0) is 11.1. The van der Waals surface area contributed by atoms with Crippen molar-refractivity contribution in [2.45, 2.75) is 18.8 Å². The first-order chi connectivity index (χ1) is 7.74. The first-order valence-electron chi connectivity index (χ1n) is 5.03. The summed E-state index contributed by atoms with van der Waals surface area (Å²) in [5, 5.41) is 5.06. The molecule has 5 heteroatoms. The highest BCUT2D eigenvalue weighted by Crippen LogP contribution is 2.40. The summed E-state index contributed by atoms with van der Waals surface area (Å²) < 4.78 is 5.18. The molecule has 0 saturated heterocycles. The van der Waals surface area contributed by atoms with E-state index < -0.39 is 0 Å². The third-order valence-corrected chi connectivity index (χ3v) is 3.09. The zero-order valence-electron chi connectivity index (χ0n) is 8.28. The van der Waals surface area contributed by atoms with Crippen molar-refractivity contribution in [2.24, 2.45) is 0 Å². The van der Waals surface area contributed by atoms with Crippen LogP contribution in [0.5, 0.6) is 0 Å². The largest absolute Gasteiger partial charge is 0.339 e. The maximum atomic E-state index is 6.06. The van der Waals surface area contributed by atoms with Gasteiger partial charge in [-0.15, -0.1) is 0 Å². The second kappa shape index (κ2) is 3.75. The van der Waals surface area contributed by atoms with Gasteiger partial charge in [0.05, 0.1) is 5.02 Å². The number of rotatable bonds is 2. The van der Waals surface area contributed by atoms with Crippen molar-refractivity contribution in [1.82, 2.24) is 10.1 Å². The number of hydrogen-bond acceptors (Lipinski definition) is 3. The Kier molecular flexibility index (Phi) is 2.37. The van der Waals surface area contributed by atoms with Crippen LogP contribution in [0.15, 0.2) is 22.7 Å². The first-order valence-corrected chi connectivity index (χ1v) is 5.78. The first kappa shape index (κ1) is 10.1. The van der Waals surface area contributed by atoms with Crippen LogP contribution >= 0.6 is 23.2 Å². The molecule has 0 bridgehead atoms. The fourth-order valence-corrected chi connectivity index (χ4v) is 2.00. The predicted molar refractivity (Wildman–Crippen MR) is 61.7 cm³/mol. The van der Waals surface area contributed by atoms with Crippen molar-refractivity contribution >= 4 is 23.2 Å². The second-order valence-corrected chi connectivity index (χ2v) is 4.70. The Morgan fingerprint density at radius 3 is 2.75 bits per heavy atom. The van der Waals surface area contributed by atoms with E-state index in [0.29, 0.717) is 27.7 Å². The molecule has 82 valence electrons. The van der Waals surface area contributed by atoms with Gasteiger partial charge in [-0.3, -0.25) is 0 Å². The number of benzene rings is 1. The van der Waals surface area contributed by atoms with E-state index >= 15 is 0 Å². The Balaban J connectivity index is 2.00.